The lowest BCUT2D eigenvalue weighted by molar-refractivity contribution is -0.329. The number of halogens is 2. The number of carboxylic acid groups (broad SMARTS) is 1. The zero-order valence-corrected chi connectivity index (χ0v) is 63.6. The quantitative estimate of drug-likeness (QED) is 0.0702. The van der Waals surface area contributed by atoms with Crippen LogP contribution in [-0.4, -0.2) is 193 Å². The normalized spacial score (nSPS) is 27.8. The van der Waals surface area contributed by atoms with Crippen molar-refractivity contribution in [3.05, 3.63) is 146 Å². The molecule has 20 N–H and O–H groups in total. The van der Waals surface area contributed by atoms with E-state index in [1.807, 2.05) is 13.8 Å². The maximum atomic E-state index is 16.2. The third kappa shape index (κ3) is 17.5. The van der Waals surface area contributed by atoms with Crippen LogP contribution in [0.1, 0.15) is 122 Å². The Labute approximate surface area is 650 Å². The number of aliphatic carboxylic acids is 1. The lowest BCUT2D eigenvalue weighted by Gasteiger charge is -2.47. The highest BCUT2D eigenvalue weighted by molar-refractivity contribution is 7.91. The van der Waals surface area contributed by atoms with Crippen molar-refractivity contribution in [1.29, 1.82) is 0 Å². The second-order valence-electron chi connectivity index (χ2n) is 29.0. The summed E-state index contributed by atoms with van der Waals surface area (Å²) < 4.78 is 69.0. The third-order valence-electron chi connectivity index (χ3n) is 19.9. The molecule has 2 fully saturated rings. The molecule has 13 rings (SSSR count). The zero-order chi connectivity index (χ0) is 81.8. The molecule has 7 aliphatic heterocycles. The Morgan fingerprint density at radius 2 is 1.29 bits per heavy atom. The Morgan fingerprint density at radius 3 is 1.87 bits per heavy atom. The Morgan fingerprint density at radius 1 is 0.696 bits per heavy atom. The van der Waals surface area contributed by atoms with Gasteiger partial charge >= 0.3 is 5.97 Å². The van der Waals surface area contributed by atoms with Crippen molar-refractivity contribution in [1.82, 2.24) is 37.2 Å². The number of benzene rings is 6. The van der Waals surface area contributed by atoms with Crippen molar-refractivity contribution in [2.45, 2.75) is 182 Å². The van der Waals surface area contributed by atoms with Crippen molar-refractivity contribution in [3.8, 4) is 57.1 Å². The van der Waals surface area contributed by atoms with Crippen molar-refractivity contribution >= 4 is 80.4 Å². The summed E-state index contributed by atoms with van der Waals surface area (Å²) in [6.07, 6.45) is -20.0. The van der Waals surface area contributed by atoms with E-state index in [-0.39, 0.29) is 40.3 Å². The predicted octanol–water partition coefficient (Wildman–Crippen LogP) is 2.51. The zero-order valence-electron chi connectivity index (χ0n) is 61.3. The summed E-state index contributed by atoms with van der Waals surface area (Å²) in [5.41, 5.74) is 9.25. The SMILES string of the molecule is CN[C@H](CC(C)C)C(=O)N[C@H]1C(=O)N[C@@H](CC(N)=O)C(=O)N[C@H]2C(=O)N[C@H]3C(=O)N[C@H](C(=O)N[C@H](C(=O)O)c4cc(O)cc(O)c4-c4cc3ccc4O)[C@H](O)c3ccc(c(Cl)c3)Oc3cc2cc(c3O[C@@H]2O[C@H](CS(=O)(=O)c3c(C)cc(C)cc3C)[C@@H](O)[C@H](O)[C@H]2O[C@H]2C[C@](C)(N)[C@H](O)[C@H](C)O2)Oc2ccc(cc2Cl)[C@H]1O. The lowest BCUT2D eigenvalue weighted by atomic mass is 9.86. The second-order valence-corrected chi connectivity index (χ2v) is 31.8. The first-order valence-corrected chi connectivity index (χ1v) is 37.7. The highest BCUT2D eigenvalue weighted by Gasteiger charge is 2.53. The molecule has 0 saturated carbocycles. The molecule has 11 bridgehead atoms. The standard InChI is InChI=1S/C75H85Cl2N9O25S/c1-28(2)15-42(80-8)67(96)85-57-59(91)34-10-13-46(40(76)19-34)107-48-21-36-22-49(63(48)111-74-64(110-52-26-75(7,79)66(95)32(6)106-52)62(94)61(93)50(109-74)27-112(104,105)65-30(4)16-29(3)17-31(65)5)108-47-14-11-35(20-41(47)77)60(92)58-72(101)84-56(73(102)103)39-23-37(87)24-45(89)53(39)38-18-33(9-12-44(38)88)54(69(98)86-58)83-70(99)55(36)82-68(97)43(25-51(78)90)81-71(57)100/h9-14,16-24,28,32,42-43,50,52,54-62,64,66,74,80,87-89,91-95H,15,25-27,79H2,1-8H3,(H2,78,90)(H,81,100)(H,82,97)(H,83,99)(H,84,101)(H,85,96)(H,86,98)(H,102,103)/t32-,42+,43-,50+,52-,54+,55+,56-,57+,58-,59+,60+,61+,62-,64+,66+,74-,75-/m0/s1. The molecule has 37 heteroatoms. The molecule has 112 heavy (non-hydrogen) atoms. The van der Waals surface area contributed by atoms with Crippen LogP contribution in [0.4, 0.5) is 0 Å². The third-order valence-corrected chi connectivity index (χ3v) is 22.5. The first kappa shape index (κ1) is 83.0. The molecule has 34 nitrogen and oxygen atoms in total. The molecule has 0 spiro atoms. The van der Waals surface area contributed by atoms with Crippen LogP contribution < -0.4 is 62.9 Å². The topological polar surface area (TPSA) is 544 Å². The Hall–Kier alpha value is -9.99. The average molecular weight is 1620 g/mol. The number of aliphatic hydroxyl groups is 5. The van der Waals surface area contributed by atoms with Gasteiger partial charge in [-0.25, -0.2) is 13.2 Å². The number of fused-ring (bicyclic) bond motifs is 15. The van der Waals surface area contributed by atoms with E-state index in [1.54, 1.807) is 32.9 Å². The van der Waals surface area contributed by atoms with Crippen LogP contribution in [0.2, 0.25) is 10.0 Å². The molecule has 7 amide bonds. The van der Waals surface area contributed by atoms with E-state index >= 15 is 14.4 Å². The van der Waals surface area contributed by atoms with E-state index in [0.29, 0.717) is 11.1 Å². The summed E-state index contributed by atoms with van der Waals surface area (Å²) in [5.74, 6) is -17.6. The number of nitrogens with one attached hydrogen (secondary N) is 7. The van der Waals surface area contributed by atoms with E-state index in [9.17, 15) is 78.3 Å². The molecule has 0 unspecified atom stereocenters. The fourth-order valence-corrected chi connectivity index (χ4v) is 16.9. The number of phenols is 3. The molecule has 0 radical (unpaired) electrons. The van der Waals surface area contributed by atoms with Crippen LogP contribution in [-0.2, 0) is 62.4 Å². The first-order chi connectivity index (χ1) is 52.6. The van der Waals surface area contributed by atoms with Gasteiger partial charge in [0, 0.05) is 34.7 Å². The van der Waals surface area contributed by atoms with Gasteiger partial charge in [0.15, 0.2) is 39.8 Å². The molecular weight excluding hydrogens is 1530 g/mol. The minimum atomic E-state index is -4.54. The number of ether oxygens (including phenoxy) is 6. The van der Waals surface area contributed by atoms with E-state index in [2.05, 4.69) is 37.2 Å². The fourth-order valence-electron chi connectivity index (χ4n) is 14.4. The number of hydrogen-bond acceptors (Lipinski definition) is 26. The number of carbonyl (C=O) groups excluding carboxylic acids is 7. The number of nitrogens with two attached hydrogens (primary N) is 2. The van der Waals surface area contributed by atoms with Crippen molar-refractivity contribution in [3.63, 3.8) is 0 Å². The van der Waals surface area contributed by atoms with Crippen LogP contribution in [0.3, 0.4) is 0 Å². The molecule has 7 aliphatic rings. The monoisotopic (exact) mass is 1610 g/mol. The van der Waals surface area contributed by atoms with Gasteiger partial charge in [-0.2, -0.15) is 0 Å². The number of amides is 7. The number of likely N-dealkylation sites (N-methyl/N-ethyl adjacent to an activating group) is 1. The lowest BCUT2D eigenvalue weighted by Crippen LogP contribution is -2.64. The molecule has 7 heterocycles. The molecule has 2 saturated heterocycles. The van der Waals surface area contributed by atoms with Crippen LogP contribution >= 0.6 is 23.2 Å². The Balaban J connectivity index is 1.18. The average Bonchev–Trinajstić information content (AvgIpc) is 0.768. The van der Waals surface area contributed by atoms with Gasteiger partial charge in [-0.15, -0.1) is 0 Å². The maximum Gasteiger partial charge on any atom is 0.330 e. The number of rotatable bonds is 15. The smallest absolute Gasteiger partial charge is 0.330 e. The molecule has 0 aliphatic carbocycles. The number of carbonyl (C=O) groups is 8. The highest BCUT2D eigenvalue weighted by Crippen LogP contribution is 2.50. The second kappa shape index (κ2) is 33.0. The highest BCUT2D eigenvalue weighted by atomic mass is 35.5. The van der Waals surface area contributed by atoms with Crippen LogP contribution in [0.25, 0.3) is 11.1 Å². The Kier molecular flexibility index (Phi) is 24.4. The molecule has 18 atom stereocenters. The van der Waals surface area contributed by atoms with E-state index < -0.39 is 257 Å². The van der Waals surface area contributed by atoms with Crippen LogP contribution in [0, 0.1) is 26.7 Å². The van der Waals surface area contributed by atoms with Gasteiger partial charge in [0.05, 0.1) is 45.4 Å². The predicted molar refractivity (Wildman–Crippen MR) is 395 cm³/mol. The maximum absolute atomic E-state index is 16.2. The van der Waals surface area contributed by atoms with E-state index in [1.165, 1.54) is 33.0 Å². The number of aliphatic hydroxyl groups excluding tert-OH is 5. The summed E-state index contributed by atoms with van der Waals surface area (Å²) in [4.78, 5) is 118. The van der Waals surface area contributed by atoms with Gasteiger partial charge in [0.1, 0.15) is 89.5 Å². The summed E-state index contributed by atoms with van der Waals surface area (Å²) in [7, 11) is -3.07. The molecular formula is C75H85Cl2N9O25S. The summed E-state index contributed by atoms with van der Waals surface area (Å²) in [6.45, 7) is 11.4. The van der Waals surface area contributed by atoms with Crippen molar-refractivity contribution < 1.29 is 121 Å². The van der Waals surface area contributed by atoms with Gasteiger partial charge in [0.2, 0.25) is 53.4 Å². The van der Waals surface area contributed by atoms with Gasteiger partial charge in [-0.1, -0.05) is 72.9 Å². The van der Waals surface area contributed by atoms with Gasteiger partial charge in [-0.05, 0) is 142 Å². The van der Waals surface area contributed by atoms with Gasteiger partial charge in [0.25, 0.3) is 0 Å². The molecule has 0 aromatic heterocycles. The number of sulfone groups is 1. The first-order valence-electron chi connectivity index (χ1n) is 35.3. The Bertz CT molecular complexity index is 4840. The van der Waals surface area contributed by atoms with E-state index in [0.717, 1.165) is 72.3 Å². The fraction of sp³-hybridized carbons (Fsp3) is 0.413. The number of primary amides is 1. The summed E-state index contributed by atoms with van der Waals surface area (Å²) >= 11 is 14.3. The largest absolute Gasteiger partial charge is 0.508 e. The minimum Gasteiger partial charge on any atom is -0.508 e. The molecule has 600 valence electrons. The molecule has 6 aromatic carbocycles. The number of hydrogen-bond donors (Lipinski definition) is 18. The van der Waals surface area contributed by atoms with Gasteiger partial charge < -0.3 is 123 Å². The summed E-state index contributed by atoms with van der Waals surface area (Å²) in [6, 6.07) is 2.09. The van der Waals surface area contributed by atoms with Gasteiger partial charge in [-0.3, -0.25) is 33.6 Å². The number of carboxylic acids is 1. The van der Waals surface area contributed by atoms with Crippen LogP contribution in [0.5, 0.6) is 46.0 Å². The van der Waals surface area contributed by atoms with E-state index in [4.69, 9.17) is 63.1 Å². The number of aromatic hydroxyl groups is 3. The minimum absolute atomic E-state index is 0.119. The van der Waals surface area contributed by atoms with Crippen molar-refractivity contribution in [2.24, 2.45) is 17.4 Å². The van der Waals surface area contributed by atoms with Crippen molar-refractivity contribution in [2.75, 3.05) is 12.8 Å². The summed E-state index contributed by atoms with van der Waals surface area (Å²) in [5, 5.41) is 122. The van der Waals surface area contributed by atoms with Crippen LogP contribution in [0.15, 0.2) is 95.9 Å². The number of phenolic OH excluding ortho intramolecular Hbond substituents is 3. The number of aryl methyl sites for hydroxylation is 3. The molecule has 6 aromatic rings.